The maximum Gasteiger partial charge on any atom is 0.323 e. The molecule has 0 bridgehead atoms. The van der Waals surface area contributed by atoms with Gasteiger partial charge in [0.2, 0.25) is 5.91 Å². The van der Waals surface area contributed by atoms with Crippen molar-refractivity contribution in [3.05, 3.63) is 0 Å². The number of carbonyl (C=O) groups excluding carboxylic acids is 2. The molecular formula is C15H26N2O3. The number of ether oxygens (including phenoxy) is 1. The Morgan fingerprint density at radius 3 is 2.65 bits per heavy atom. The summed E-state index contributed by atoms with van der Waals surface area (Å²) >= 11 is 0. The highest BCUT2D eigenvalue weighted by atomic mass is 16.5. The van der Waals surface area contributed by atoms with Gasteiger partial charge in [-0.25, -0.2) is 0 Å². The summed E-state index contributed by atoms with van der Waals surface area (Å²) in [5, 5.41) is 6.31. The summed E-state index contributed by atoms with van der Waals surface area (Å²) in [4.78, 5) is 23.9. The quantitative estimate of drug-likeness (QED) is 0.725. The first-order chi connectivity index (χ1) is 9.70. The van der Waals surface area contributed by atoms with Crippen molar-refractivity contribution < 1.29 is 14.3 Å². The van der Waals surface area contributed by atoms with E-state index in [-0.39, 0.29) is 24.0 Å². The third kappa shape index (κ3) is 4.20. The van der Waals surface area contributed by atoms with Crippen LogP contribution in [0.4, 0.5) is 0 Å². The second-order valence-corrected chi connectivity index (χ2v) is 5.86. The molecule has 1 saturated heterocycles. The maximum atomic E-state index is 12.4. The molecular weight excluding hydrogens is 256 g/mol. The SMILES string of the molecule is CCCC(N[C@H]1CCOC1=O)C(=O)NC1CCCCC1. The van der Waals surface area contributed by atoms with Crippen LogP contribution in [-0.2, 0) is 14.3 Å². The van der Waals surface area contributed by atoms with Gasteiger partial charge in [0.15, 0.2) is 0 Å². The highest BCUT2D eigenvalue weighted by Crippen LogP contribution is 2.18. The zero-order valence-electron chi connectivity index (χ0n) is 12.3. The van der Waals surface area contributed by atoms with Crippen molar-refractivity contribution in [3.8, 4) is 0 Å². The monoisotopic (exact) mass is 282 g/mol. The van der Waals surface area contributed by atoms with Gasteiger partial charge in [-0.05, 0) is 19.3 Å². The van der Waals surface area contributed by atoms with E-state index in [1.165, 1.54) is 19.3 Å². The van der Waals surface area contributed by atoms with E-state index in [1.807, 2.05) is 0 Å². The molecule has 114 valence electrons. The molecule has 0 aromatic carbocycles. The van der Waals surface area contributed by atoms with Crippen LogP contribution in [0.2, 0.25) is 0 Å². The van der Waals surface area contributed by atoms with Crippen molar-refractivity contribution in [3.63, 3.8) is 0 Å². The fourth-order valence-electron chi connectivity index (χ4n) is 3.02. The molecule has 2 fully saturated rings. The lowest BCUT2D eigenvalue weighted by molar-refractivity contribution is -0.140. The van der Waals surface area contributed by atoms with Crippen molar-refractivity contribution in [2.75, 3.05) is 6.61 Å². The van der Waals surface area contributed by atoms with Gasteiger partial charge in [-0.2, -0.15) is 0 Å². The smallest absolute Gasteiger partial charge is 0.323 e. The predicted molar refractivity (Wildman–Crippen MR) is 76.2 cm³/mol. The molecule has 1 aliphatic carbocycles. The minimum atomic E-state index is -0.316. The van der Waals surface area contributed by atoms with Crippen LogP contribution in [0.1, 0.15) is 58.3 Å². The van der Waals surface area contributed by atoms with E-state index >= 15 is 0 Å². The first-order valence-electron chi connectivity index (χ1n) is 7.93. The zero-order valence-corrected chi connectivity index (χ0v) is 12.3. The van der Waals surface area contributed by atoms with Gasteiger partial charge >= 0.3 is 5.97 Å². The molecule has 2 aliphatic rings. The number of esters is 1. The minimum Gasteiger partial charge on any atom is -0.464 e. The average Bonchev–Trinajstić information content (AvgIpc) is 2.85. The third-order valence-electron chi connectivity index (χ3n) is 4.18. The Morgan fingerprint density at radius 1 is 1.30 bits per heavy atom. The number of cyclic esters (lactones) is 1. The standard InChI is InChI=1S/C15H26N2O3/c1-2-6-12(17-13-9-10-20-15(13)19)14(18)16-11-7-4-3-5-8-11/h11-13,17H,2-10H2,1H3,(H,16,18)/t12?,13-/m0/s1. The summed E-state index contributed by atoms with van der Waals surface area (Å²) < 4.78 is 4.94. The molecule has 2 atom stereocenters. The topological polar surface area (TPSA) is 67.4 Å². The Labute approximate surface area is 120 Å². The number of amides is 1. The lowest BCUT2D eigenvalue weighted by atomic mass is 9.95. The van der Waals surface area contributed by atoms with E-state index in [2.05, 4.69) is 17.6 Å². The molecule has 20 heavy (non-hydrogen) atoms. The molecule has 2 N–H and O–H groups in total. The van der Waals surface area contributed by atoms with Crippen molar-refractivity contribution in [2.45, 2.75) is 76.4 Å². The van der Waals surface area contributed by atoms with Crippen molar-refractivity contribution in [1.82, 2.24) is 10.6 Å². The molecule has 1 heterocycles. The Bertz CT molecular complexity index is 340. The molecule has 1 saturated carbocycles. The summed E-state index contributed by atoms with van der Waals surface area (Å²) in [5.41, 5.74) is 0. The van der Waals surface area contributed by atoms with Crippen LogP contribution in [0.5, 0.6) is 0 Å². The predicted octanol–water partition coefficient (Wildman–Crippen LogP) is 1.51. The number of hydrogen-bond acceptors (Lipinski definition) is 4. The van der Waals surface area contributed by atoms with Crippen LogP contribution in [0.25, 0.3) is 0 Å². The van der Waals surface area contributed by atoms with Crippen LogP contribution in [0.15, 0.2) is 0 Å². The molecule has 1 aliphatic heterocycles. The largest absolute Gasteiger partial charge is 0.464 e. The molecule has 5 nitrogen and oxygen atoms in total. The van der Waals surface area contributed by atoms with Crippen molar-refractivity contribution in [2.24, 2.45) is 0 Å². The van der Waals surface area contributed by atoms with Crippen LogP contribution in [0.3, 0.4) is 0 Å². The molecule has 5 heteroatoms. The van der Waals surface area contributed by atoms with Crippen molar-refractivity contribution in [1.29, 1.82) is 0 Å². The molecule has 1 unspecified atom stereocenters. The van der Waals surface area contributed by atoms with Gasteiger partial charge in [0.1, 0.15) is 6.04 Å². The highest BCUT2D eigenvalue weighted by Gasteiger charge is 2.31. The van der Waals surface area contributed by atoms with Crippen LogP contribution < -0.4 is 10.6 Å². The molecule has 0 aromatic heterocycles. The zero-order chi connectivity index (χ0) is 14.4. The summed E-state index contributed by atoms with van der Waals surface area (Å²) in [6, 6.07) is -0.283. The van der Waals surface area contributed by atoms with E-state index in [0.29, 0.717) is 19.1 Å². The lowest BCUT2D eigenvalue weighted by Crippen LogP contribution is -2.52. The average molecular weight is 282 g/mol. The Balaban J connectivity index is 1.85. The van der Waals surface area contributed by atoms with Crippen molar-refractivity contribution >= 4 is 11.9 Å². The normalized spacial score (nSPS) is 25.2. The van der Waals surface area contributed by atoms with Crippen LogP contribution in [0, 0.1) is 0 Å². The Kier molecular flexibility index (Phi) is 5.83. The van der Waals surface area contributed by atoms with Gasteiger partial charge in [0.25, 0.3) is 0 Å². The first kappa shape index (κ1) is 15.3. The van der Waals surface area contributed by atoms with Gasteiger partial charge < -0.3 is 10.1 Å². The Hall–Kier alpha value is -1.10. The van der Waals surface area contributed by atoms with E-state index in [0.717, 1.165) is 25.7 Å². The number of nitrogens with one attached hydrogen (secondary N) is 2. The highest BCUT2D eigenvalue weighted by molar-refractivity contribution is 5.84. The lowest BCUT2D eigenvalue weighted by Gasteiger charge is -2.26. The van der Waals surface area contributed by atoms with E-state index in [9.17, 15) is 9.59 Å². The molecule has 0 aromatic rings. The summed E-state index contributed by atoms with van der Waals surface area (Å²) in [5.74, 6) is -0.185. The number of hydrogen-bond donors (Lipinski definition) is 2. The van der Waals surface area contributed by atoms with Crippen LogP contribution in [-0.4, -0.2) is 36.6 Å². The second-order valence-electron chi connectivity index (χ2n) is 5.86. The van der Waals surface area contributed by atoms with E-state index in [4.69, 9.17) is 4.74 Å². The van der Waals surface area contributed by atoms with Gasteiger partial charge in [0.05, 0.1) is 12.6 Å². The first-order valence-corrected chi connectivity index (χ1v) is 7.93. The molecule has 0 radical (unpaired) electrons. The van der Waals surface area contributed by atoms with Crippen LogP contribution >= 0.6 is 0 Å². The van der Waals surface area contributed by atoms with Gasteiger partial charge in [-0.3, -0.25) is 14.9 Å². The minimum absolute atomic E-state index is 0.0402. The van der Waals surface area contributed by atoms with E-state index < -0.39 is 0 Å². The second kappa shape index (κ2) is 7.62. The van der Waals surface area contributed by atoms with Gasteiger partial charge in [0, 0.05) is 12.5 Å². The van der Waals surface area contributed by atoms with Gasteiger partial charge in [-0.1, -0.05) is 32.6 Å². The fraction of sp³-hybridized carbons (Fsp3) is 0.867. The summed E-state index contributed by atoms with van der Waals surface area (Å²) in [6.07, 6.45) is 8.16. The maximum absolute atomic E-state index is 12.4. The fourth-order valence-corrected chi connectivity index (χ4v) is 3.02. The summed E-state index contributed by atoms with van der Waals surface area (Å²) in [6.45, 7) is 2.51. The Morgan fingerprint density at radius 2 is 2.05 bits per heavy atom. The van der Waals surface area contributed by atoms with Gasteiger partial charge in [-0.15, -0.1) is 0 Å². The molecule has 1 amide bonds. The number of rotatable bonds is 6. The third-order valence-corrected chi connectivity index (χ3v) is 4.18. The number of carbonyl (C=O) groups is 2. The van der Waals surface area contributed by atoms with E-state index in [1.54, 1.807) is 0 Å². The molecule has 2 rings (SSSR count). The molecule has 0 spiro atoms. The summed E-state index contributed by atoms with van der Waals surface area (Å²) in [7, 11) is 0.